The molecule has 1 saturated carbocycles. The van der Waals surface area contributed by atoms with Gasteiger partial charge in [0.2, 0.25) is 5.91 Å². The maximum absolute atomic E-state index is 11.6. The minimum absolute atomic E-state index is 0.269. The monoisotopic (exact) mass is 169 g/mol. The summed E-state index contributed by atoms with van der Waals surface area (Å²) >= 11 is 0. The zero-order chi connectivity index (χ0) is 8.55. The van der Waals surface area contributed by atoms with Crippen LogP contribution in [0.4, 0.5) is 0 Å². The van der Waals surface area contributed by atoms with Crippen molar-refractivity contribution in [2.75, 3.05) is 13.1 Å². The van der Waals surface area contributed by atoms with E-state index in [9.17, 15) is 9.90 Å². The molecule has 1 saturated heterocycles. The Bertz CT molecular complexity index is 189. The molecule has 0 aromatic carbocycles. The summed E-state index contributed by atoms with van der Waals surface area (Å²) in [6.07, 6.45) is 3.82. The Balaban J connectivity index is 1.87. The van der Waals surface area contributed by atoms with E-state index in [2.05, 4.69) is 0 Å². The number of nitrogens with zero attached hydrogens (tertiary/aromatic N) is 1. The van der Waals surface area contributed by atoms with E-state index in [1.54, 1.807) is 0 Å². The van der Waals surface area contributed by atoms with Crippen molar-refractivity contribution in [3.05, 3.63) is 0 Å². The van der Waals surface area contributed by atoms with Gasteiger partial charge >= 0.3 is 0 Å². The predicted octanol–water partition coefficient (Wildman–Crippen LogP) is 0.380. The molecule has 12 heavy (non-hydrogen) atoms. The van der Waals surface area contributed by atoms with Gasteiger partial charge in [0.25, 0.3) is 0 Å². The van der Waals surface area contributed by atoms with E-state index in [0.717, 1.165) is 25.8 Å². The molecule has 0 aromatic rings. The molecule has 1 aliphatic carbocycles. The molecule has 0 bridgehead atoms. The highest BCUT2D eigenvalue weighted by molar-refractivity contribution is 5.79. The number of carbonyl (C=O) groups is 1. The number of rotatable bonds is 1. The lowest BCUT2D eigenvalue weighted by atomic mass is 9.84. The van der Waals surface area contributed by atoms with Gasteiger partial charge < -0.3 is 10.0 Å². The number of hydrogen-bond acceptors (Lipinski definition) is 2. The van der Waals surface area contributed by atoms with Crippen molar-refractivity contribution in [3.63, 3.8) is 0 Å². The molecule has 2 fully saturated rings. The van der Waals surface area contributed by atoms with Gasteiger partial charge in [-0.05, 0) is 19.3 Å². The summed E-state index contributed by atoms with van der Waals surface area (Å²) < 4.78 is 0. The minimum Gasteiger partial charge on any atom is -0.391 e. The van der Waals surface area contributed by atoms with Crippen LogP contribution in [0.3, 0.4) is 0 Å². The number of amides is 1. The number of hydrogen-bond donors (Lipinski definition) is 1. The van der Waals surface area contributed by atoms with Crippen LogP contribution < -0.4 is 0 Å². The topological polar surface area (TPSA) is 40.5 Å². The summed E-state index contributed by atoms with van der Waals surface area (Å²) in [6, 6.07) is 0. The molecular weight excluding hydrogens is 154 g/mol. The summed E-state index contributed by atoms with van der Waals surface area (Å²) in [5.41, 5.74) is 0. The highest BCUT2D eigenvalue weighted by Crippen LogP contribution is 2.29. The molecule has 0 unspecified atom stereocenters. The van der Waals surface area contributed by atoms with Crippen LogP contribution in [-0.4, -0.2) is 35.1 Å². The molecule has 1 atom stereocenters. The van der Waals surface area contributed by atoms with E-state index in [1.165, 1.54) is 6.42 Å². The van der Waals surface area contributed by atoms with Crippen LogP contribution in [0.25, 0.3) is 0 Å². The summed E-state index contributed by atoms with van der Waals surface area (Å²) in [7, 11) is 0. The Morgan fingerprint density at radius 3 is 2.50 bits per heavy atom. The lowest BCUT2D eigenvalue weighted by Gasteiger charge is -2.28. The third-order valence-electron chi connectivity index (χ3n) is 2.93. The van der Waals surface area contributed by atoms with Crippen LogP contribution in [0, 0.1) is 5.92 Å². The predicted molar refractivity (Wildman–Crippen MR) is 44.5 cm³/mol. The molecule has 2 aliphatic rings. The second kappa shape index (κ2) is 3.05. The second-order valence-corrected chi connectivity index (χ2v) is 3.85. The molecule has 0 spiro atoms. The first-order chi connectivity index (χ1) is 5.77. The quantitative estimate of drug-likeness (QED) is 0.616. The van der Waals surface area contributed by atoms with Crippen LogP contribution in [0.5, 0.6) is 0 Å². The Labute approximate surface area is 72.4 Å². The van der Waals surface area contributed by atoms with Gasteiger partial charge in [-0.2, -0.15) is 0 Å². The minimum atomic E-state index is -0.269. The average Bonchev–Trinajstić information content (AvgIpc) is 2.31. The van der Waals surface area contributed by atoms with Gasteiger partial charge in [-0.25, -0.2) is 0 Å². The lowest BCUT2D eigenvalue weighted by Crippen LogP contribution is -2.37. The van der Waals surface area contributed by atoms with Gasteiger partial charge in [-0.1, -0.05) is 6.42 Å². The Hall–Kier alpha value is -0.570. The fourth-order valence-corrected chi connectivity index (χ4v) is 1.86. The fraction of sp³-hybridized carbons (Fsp3) is 0.889. The third-order valence-corrected chi connectivity index (χ3v) is 2.93. The van der Waals surface area contributed by atoms with E-state index in [1.807, 2.05) is 4.90 Å². The molecule has 1 heterocycles. The summed E-state index contributed by atoms with van der Waals surface area (Å²) in [5.74, 6) is 0.563. The maximum atomic E-state index is 11.6. The molecule has 2 rings (SSSR count). The van der Waals surface area contributed by atoms with E-state index in [0.29, 0.717) is 6.54 Å². The van der Waals surface area contributed by atoms with Crippen molar-refractivity contribution in [3.8, 4) is 0 Å². The van der Waals surface area contributed by atoms with Crippen LogP contribution in [0.1, 0.15) is 25.7 Å². The number of likely N-dealkylation sites (tertiary alicyclic amines) is 1. The Morgan fingerprint density at radius 2 is 2.08 bits per heavy atom. The zero-order valence-corrected chi connectivity index (χ0v) is 7.20. The van der Waals surface area contributed by atoms with Gasteiger partial charge in [0.15, 0.2) is 0 Å². The van der Waals surface area contributed by atoms with Gasteiger partial charge in [0, 0.05) is 19.0 Å². The average molecular weight is 169 g/mol. The van der Waals surface area contributed by atoms with Crippen LogP contribution in [0.2, 0.25) is 0 Å². The van der Waals surface area contributed by atoms with Crippen molar-refractivity contribution in [1.29, 1.82) is 0 Å². The van der Waals surface area contributed by atoms with Gasteiger partial charge in [0.1, 0.15) is 0 Å². The number of β-amino-alcohol motifs (C(OH)–C–C–N with tert-alkyl or cyclic N) is 1. The molecular formula is C9H15NO2. The van der Waals surface area contributed by atoms with Gasteiger partial charge in [-0.15, -0.1) is 0 Å². The normalized spacial score (nSPS) is 30.4. The third kappa shape index (κ3) is 1.33. The summed E-state index contributed by atoms with van der Waals surface area (Å²) in [6.45, 7) is 1.33. The highest BCUT2D eigenvalue weighted by atomic mass is 16.3. The number of aliphatic hydroxyl groups excluding tert-OH is 1. The first-order valence-corrected chi connectivity index (χ1v) is 4.74. The largest absolute Gasteiger partial charge is 0.391 e. The van der Waals surface area contributed by atoms with Crippen LogP contribution in [-0.2, 0) is 4.79 Å². The molecule has 0 radical (unpaired) electrons. The summed E-state index contributed by atoms with van der Waals surface area (Å²) in [5, 5.41) is 9.23. The molecule has 3 nitrogen and oxygen atoms in total. The van der Waals surface area contributed by atoms with Gasteiger partial charge in [0.05, 0.1) is 6.10 Å². The summed E-state index contributed by atoms with van der Waals surface area (Å²) in [4.78, 5) is 13.4. The van der Waals surface area contributed by atoms with Crippen molar-refractivity contribution in [2.24, 2.45) is 5.92 Å². The Morgan fingerprint density at radius 1 is 1.33 bits per heavy atom. The van der Waals surface area contributed by atoms with Crippen LogP contribution in [0.15, 0.2) is 0 Å². The van der Waals surface area contributed by atoms with E-state index >= 15 is 0 Å². The van der Waals surface area contributed by atoms with Crippen molar-refractivity contribution in [1.82, 2.24) is 4.90 Å². The molecule has 1 amide bonds. The zero-order valence-electron chi connectivity index (χ0n) is 7.20. The van der Waals surface area contributed by atoms with Crippen LogP contribution >= 0.6 is 0 Å². The van der Waals surface area contributed by atoms with E-state index < -0.39 is 0 Å². The highest BCUT2D eigenvalue weighted by Gasteiger charge is 2.32. The number of aliphatic hydroxyl groups is 1. The molecule has 1 N–H and O–H groups in total. The molecule has 1 aliphatic heterocycles. The SMILES string of the molecule is O=C(C1CCC1)N1CC[C@@H](O)C1. The first-order valence-electron chi connectivity index (χ1n) is 4.74. The number of carbonyl (C=O) groups excluding carboxylic acids is 1. The van der Waals surface area contributed by atoms with E-state index in [4.69, 9.17) is 0 Å². The van der Waals surface area contributed by atoms with Crippen molar-refractivity contribution < 1.29 is 9.90 Å². The fourth-order valence-electron chi connectivity index (χ4n) is 1.86. The van der Waals surface area contributed by atoms with Gasteiger partial charge in [-0.3, -0.25) is 4.79 Å². The second-order valence-electron chi connectivity index (χ2n) is 3.85. The van der Waals surface area contributed by atoms with Crippen molar-refractivity contribution in [2.45, 2.75) is 31.8 Å². The standard InChI is InChI=1S/C9H15NO2/c11-8-4-5-10(6-8)9(12)7-2-1-3-7/h7-8,11H,1-6H2/t8-/m1/s1. The molecule has 68 valence electrons. The smallest absolute Gasteiger partial charge is 0.225 e. The maximum Gasteiger partial charge on any atom is 0.225 e. The van der Waals surface area contributed by atoms with Crippen molar-refractivity contribution >= 4 is 5.91 Å². The molecule has 0 aromatic heterocycles. The first kappa shape index (κ1) is 8.05. The Kier molecular flexibility index (Phi) is 2.05. The molecule has 3 heteroatoms. The van der Waals surface area contributed by atoms with E-state index in [-0.39, 0.29) is 17.9 Å². The lowest BCUT2D eigenvalue weighted by molar-refractivity contribution is -0.137.